The highest BCUT2D eigenvalue weighted by Gasteiger charge is 2.18. The molecular formula is C15H12Br2ClNO2. The number of aryl methyl sites for hydroxylation is 1. The van der Waals surface area contributed by atoms with Crippen molar-refractivity contribution < 1.29 is 9.47 Å². The highest BCUT2D eigenvalue weighted by atomic mass is 79.9. The van der Waals surface area contributed by atoms with E-state index in [4.69, 9.17) is 21.1 Å². The predicted molar refractivity (Wildman–Crippen MR) is 91.5 cm³/mol. The SMILES string of the molecule is Cc1cc(Br)c(NCc2cc(Cl)c3c(c2)OCO3)c(Br)c1. The van der Waals surface area contributed by atoms with Crippen LogP contribution in [0.4, 0.5) is 5.69 Å². The molecular weight excluding hydrogens is 421 g/mol. The Bertz CT molecular complexity index is 683. The summed E-state index contributed by atoms with van der Waals surface area (Å²) in [4.78, 5) is 0. The van der Waals surface area contributed by atoms with E-state index in [0.29, 0.717) is 23.1 Å². The van der Waals surface area contributed by atoms with Gasteiger partial charge < -0.3 is 14.8 Å². The van der Waals surface area contributed by atoms with Gasteiger partial charge in [-0.25, -0.2) is 0 Å². The smallest absolute Gasteiger partial charge is 0.231 e. The fourth-order valence-corrected chi connectivity index (χ4v) is 4.17. The number of ether oxygens (including phenoxy) is 2. The van der Waals surface area contributed by atoms with E-state index in [-0.39, 0.29) is 6.79 Å². The monoisotopic (exact) mass is 431 g/mol. The molecule has 0 amide bonds. The molecule has 110 valence electrons. The summed E-state index contributed by atoms with van der Waals surface area (Å²) in [7, 11) is 0. The molecule has 0 fully saturated rings. The number of anilines is 1. The van der Waals surface area contributed by atoms with Crippen LogP contribution in [-0.2, 0) is 6.54 Å². The number of nitrogens with one attached hydrogen (secondary N) is 1. The summed E-state index contributed by atoms with van der Waals surface area (Å²) in [6.45, 7) is 2.91. The van der Waals surface area contributed by atoms with Gasteiger partial charge in [-0.2, -0.15) is 0 Å². The highest BCUT2D eigenvalue weighted by molar-refractivity contribution is 9.11. The van der Waals surface area contributed by atoms with E-state index in [1.165, 1.54) is 5.56 Å². The Morgan fingerprint density at radius 2 is 1.86 bits per heavy atom. The van der Waals surface area contributed by atoms with Gasteiger partial charge in [0.15, 0.2) is 11.5 Å². The molecule has 1 aliphatic rings. The second-order valence-corrected chi connectivity index (χ2v) is 6.88. The Kier molecular flexibility index (Phi) is 4.33. The average molecular weight is 434 g/mol. The minimum atomic E-state index is 0.223. The summed E-state index contributed by atoms with van der Waals surface area (Å²) in [5.41, 5.74) is 3.23. The van der Waals surface area contributed by atoms with E-state index >= 15 is 0 Å². The van der Waals surface area contributed by atoms with Crippen molar-refractivity contribution in [3.05, 3.63) is 49.4 Å². The molecule has 1 heterocycles. The zero-order valence-electron chi connectivity index (χ0n) is 11.2. The van der Waals surface area contributed by atoms with Crippen molar-refractivity contribution >= 4 is 49.1 Å². The van der Waals surface area contributed by atoms with Gasteiger partial charge in [-0.15, -0.1) is 0 Å². The number of benzene rings is 2. The fourth-order valence-electron chi connectivity index (χ4n) is 2.18. The van der Waals surface area contributed by atoms with Crippen molar-refractivity contribution in [3.8, 4) is 11.5 Å². The van der Waals surface area contributed by atoms with Gasteiger partial charge in [0.1, 0.15) is 0 Å². The molecule has 0 saturated heterocycles. The molecule has 0 bridgehead atoms. The summed E-state index contributed by atoms with van der Waals surface area (Å²) in [5.74, 6) is 1.32. The molecule has 2 aromatic rings. The lowest BCUT2D eigenvalue weighted by Gasteiger charge is -2.12. The van der Waals surface area contributed by atoms with Gasteiger partial charge in [0.05, 0.1) is 10.7 Å². The highest BCUT2D eigenvalue weighted by Crippen LogP contribution is 2.40. The van der Waals surface area contributed by atoms with Crippen LogP contribution in [0.15, 0.2) is 33.2 Å². The summed E-state index contributed by atoms with van der Waals surface area (Å²) >= 11 is 13.3. The topological polar surface area (TPSA) is 30.5 Å². The van der Waals surface area contributed by atoms with Gasteiger partial charge >= 0.3 is 0 Å². The molecule has 1 N–H and O–H groups in total. The van der Waals surface area contributed by atoms with Crippen molar-refractivity contribution in [1.29, 1.82) is 0 Å². The lowest BCUT2D eigenvalue weighted by molar-refractivity contribution is 0.174. The Morgan fingerprint density at radius 3 is 2.57 bits per heavy atom. The molecule has 0 aliphatic carbocycles. The molecule has 0 unspecified atom stereocenters. The van der Waals surface area contributed by atoms with E-state index in [2.05, 4.69) is 56.2 Å². The predicted octanol–water partition coefficient (Wildman–Crippen LogP) is 5.51. The van der Waals surface area contributed by atoms with Crippen LogP contribution in [0.5, 0.6) is 11.5 Å². The molecule has 3 rings (SSSR count). The summed E-state index contributed by atoms with van der Waals surface area (Å²) in [5, 5.41) is 3.97. The van der Waals surface area contributed by atoms with Crippen LogP contribution in [0.25, 0.3) is 0 Å². The van der Waals surface area contributed by atoms with Gasteiger partial charge in [-0.1, -0.05) is 11.6 Å². The van der Waals surface area contributed by atoms with Crippen molar-refractivity contribution in [2.45, 2.75) is 13.5 Å². The third-order valence-electron chi connectivity index (χ3n) is 3.14. The first-order valence-corrected chi connectivity index (χ1v) is 8.28. The number of rotatable bonds is 3. The Hall–Kier alpha value is -0.910. The van der Waals surface area contributed by atoms with E-state index < -0.39 is 0 Å². The van der Waals surface area contributed by atoms with Gasteiger partial charge in [0, 0.05) is 15.5 Å². The number of fused-ring (bicyclic) bond motifs is 1. The van der Waals surface area contributed by atoms with Gasteiger partial charge in [-0.05, 0) is 74.2 Å². The average Bonchev–Trinajstić information content (AvgIpc) is 2.86. The van der Waals surface area contributed by atoms with Crippen molar-refractivity contribution in [1.82, 2.24) is 0 Å². The summed E-state index contributed by atoms with van der Waals surface area (Å²) in [6, 6.07) is 7.97. The summed E-state index contributed by atoms with van der Waals surface area (Å²) in [6.07, 6.45) is 0. The molecule has 6 heteroatoms. The maximum Gasteiger partial charge on any atom is 0.231 e. The Labute approximate surface area is 144 Å². The first kappa shape index (κ1) is 15.0. The molecule has 21 heavy (non-hydrogen) atoms. The normalized spacial score (nSPS) is 12.6. The largest absolute Gasteiger partial charge is 0.454 e. The number of hydrogen-bond acceptors (Lipinski definition) is 3. The molecule has 0 spiro atoms. The third kappa shape index (κ3) is 3.15. The Balaban J connectivity index is 1.81. The number of halogens is 3. The lowest BCUT2D eigenvalue weighted by Crippen LogP contribution is -2.01. The second-order valence-electron chi connectivity index (χ2n) is 4.77. The lowest BCUT2D eigenvalue weighted by atomic mass is 10.2. The fraction of sp³-hybridized carbons (Fsp3) is 0.200. The third-order valence-corrected chi connectivity index (χ3v) is 4.67. The van der Waals surface area contributed by atoms with Gasteiger partial charge in [0.2, 0.25) is 6.79 Å². The molecule has 1 aliphatic heterocycles. The van der Waals surface area contributed by atoms with Crippen LogP contribution in [-0.4, -0.2) is 6.79 Å². The molecule has 0 atom stereocenters. The minimum Gasteiger partial charge on any atom is -0.454 e. The van der Waals surface area contributed by atoms with Crippen LogP contribution in [0.3, 0.4) is 0 Å². The van der Waals surface area contributed by atoms with Crippen molar-refractivity contribution in [3.63, 3.8) is 0 Å². The summed E-state index contributed by atoms with van der Waals surface area (Å²) < 4.78 is 12.7. The minimum absolute atomic E-state index is 0.223. The second kappa shape index (κ2) is 6.07. The van der Waals surface area contributed by atoms with E-state index in [1.807, 2.05) is 12.1 Å². The van der Waals surface area contributed by atoms with Crippen LogP contribution < -0.4 is 14.8 Å². The zero-order chi connectivity index (χ0) is 15.0. The van der Waals surface area contributed by atoms with Crippen LogP contribution in [0.1, 0.15) is 11.1 Å². The molecule has 3 nitrogen and oxygen atoms in total. The van der Waals surface area contributed by atoms with Crippen LogP contribution in [0.2, 0.25) is 5.02 Å². The number of hydrogen-bond donors (Lipinski definition) is 1. The van der Waals surface area contributed by atoms with E-state index in [9.17, 15) is 0 Å². The van der Waals surface area contributed by atoms with Crippen molar-refractivity contribution in [2.24, 2.45) is 0 Å². The maximum absolute atomic E-state index is 6.19. The van der Waals surface area contributed by atoms with Crippen LogP contribution in [0, 0.1) is 6.92 Å². The van der Waals surface area contributed by atoms with Crippen molar-refractivity contribution in [2.75, 3.05) is 12.1 Å². The zero-order valence-corrected chi connectivity index (χ0v) is 15.1. The molecule has 2 aromatic carbocycles. The van der Waals surface area contributed by atoms with Crippen LogP contribution >= 0.6 is 43.5 Å². The van der Waals surface area contributed by atoms with Gasteiger partial charge in [0.25, 0.3) is 0 Å². The molecule has 0 radical (unpaired) electrons. The van der Waals surface area contributed by atoms with E-state index in [0.717, 1.165) is 20.2 Å². The molecule has 0 aromatic heterocycles. The maximum atomic E-state index is 6.19. The molecule has 0 saturated carbocycles. The standard InChI is InChI=1S/C15H12Br2ClNO2/c1-8-2-10(16)14(11(17)3-8)19-6-9-4-12(18)15-13(5-9)20-7-21-15/h2-5,19H,6-7H2,1H3. The van der Waals surface area contributed by atoms with E-state index in [1.54, 1.807) is 0 Å². The quantitative estimate of drug-likeness (QED) is 0.692. The van der Waals surface area contributed by atoms with Gasteiger partial charge in [-0.3, -0.25) is 0 Å². The first-order valence-electron chi connectivity index (χ1n) is 6.32. The Morgan fingerprint density at radius 1 is 1.14 bits per heavy atom. The first-order chi connectivity index (χ1) is 10.0.